The zero-order chi connectivity index (χ0) is 13.7. The van der Waals surface area contributed by atoms with Crippen molar-refractivity contribution in [1.82, 2.24) is 9.97 Å². The average molecular weight is 259 g/mol. The van der Waals surface area contributed by atoms with Gasteiger partial charge in [0.2, 0.25) is 0 Å². The summed E-state index contributed by atoms with van der Waals surface area (Å²) in [6.07, 6.45) is 5.08. The van der Waals surface area contributed by atoms with Gasteiger partial charge in [-0.05, 0) is 17.7 Å². The van der Waals surface area contributed by atoms with Crippen molar-refractivity contribution in [2.75, 3.05) is 26.2 Å². The van der Waals surface area contributed by atoms with Gasteiger partial charge in [0.05, 0.1) is 20.4 Å². The van der Waals surface area contributed by atoms with Gasteiger partial charge in [-0.15, -0.1) is 0 Å². The van der Waals surface area contributed by atoms with Crippen LogP contribution in [0.2, 0.25) is 0 Å². The number of hydrogen-bond donors (Lipinski definition) is 0. The Labute approximate surface area is 112 Å². The van der Waals surface area contributed by atoms with Crippen LogP contribution in [-0.2, 0) is 6.54 Å². The van der Waals surface area contributed by atoms with Gasteiger partial charge in [-0.25, -0.2) is 4.98 Å². The lowest BCUT2D eigenvalue weighted by Gasteiger charge is -2.18. The van der Waals surface area contributed by atoms with Gasteiger partial charge in [-0.2, -0.15) is 0 Å². The molecular formula is C14H17N3O2. The van der Waals surface area contributed by atoms with Crippen LogP contribution >= 0.6 is 0 Å². The first-order valence-corrected chi connectivity index (χ1v) is 5.92. The molecule has 0 spiro atoms. The summed E-state index contributed by atoms with van der Waals surface area (Å²) in [5.41, 5.74) is 1.12. The Morgan fingerprint density at radius 1 is 1.11 bits per heavy atom. The summed E-state index contributed by atoms with van der Waals surface area (Å²) in [6.45, 7) is 0.721. The SMILES string of the molecule is COc1ccc(CN(C)c2cnccn2)cc1OC. The third kappa shape index (κ3) is 3.13. The van der Waals surface area contributed by atoms with E-state index in [9.17, 15) is 0 Å². The van der Waals surface area contributed by atoms with Crippen molar-refractivity contribution in [1.29, 1.82) is 0 Å². The molecule has 0 saturated heterocycles. The highest BCUT2D eigenvalue weighted by Crippen LogP contribution is 2.28. The minimum absolute atomic E-state index is 0.721. The zero-order valence-corrected chi connectivity index (χ0v) is 11.3. The first-order valence-electron chi connectivity index (χ1n) is 5.92. The van der Waals surface area contributed by atoms with E-state index in [1.54, 1.807) is 32.8 Å². The fourth-order valence-corrected chi connectivity index (χ4v) is 1.82. The number of rotatable bonds is 5. The fraction of sp³-hybridized carbons (Fsp3) is 0.286. The highest BCUT2D eigenvalue weighted by molar-refractivity contribution is 5.44. The summed E-state index contributed by atoms with van der Waals surface area (Å²) < 4.78 is 10.5. The first-order chi connectivity index (χ1) is 9.24. The van der Waals surface area contributed by atoms with Crippen LogP contribution < -0.4 is 14.4 Å². The van der Waals surface area contributed by atoms with Gasteiger partial charge < -0.3 is 14.4 Å². The second-order valence-corrected chi connectivity index (χ2v) is 4.11. The maximum atomic E-state index is 5.29. The summed E-state index contributed by atoms with van der Waals surface area (Å²) in [6, 6.07) is 5.87. The molecule has 19 heavy (non-hydrogen) atoms. The molecule has 0 amide bonds. The van der Waals surface area contributed by atoms with Crippen molar-refractivity contribution in [3.63, 3.8) is 0 Å². The lowest BCUT2D eigenvalue weighted by atomic mass is 10.2. The summed E-state index contributed by atoms with van der Waals surface area (Å²) in [5.74, 6) is 2.29. The predicted octanol–water partition coefficient (Wildman–Crippen LogP) is 2.13. The number of hydrogen-bond acceptors (Lipinski definition) is 5. The summed E-state index contributed by atoms with van der Waals surface area (Å²) >= 11 is 0. The number of methoxy groups -OCH3 is 2. The molecule has 2 aromatic rings. The van der Waals surface area contributed by atoms with Crippen LogP contribution in [0, 0.1) is 0 Å². The Bertz CT molecular complexity index is 531. The molecule has 0 aliphatic rings. The quantitative estimate of drug-likeness (QED) is 0.823. The molecule has 0 aliphatic carbocycles. The molecule has 0 saturated carbocycles. The number of aromatic nitrogens is 2. The molecule has 0 N–H and O–H groups in total. The molecular weight excluding hydrogens is 242 g/mol. The largest absolute Gasteiger partial charge is 0.493 e. The van der Waals surface area contributed by atoms with Gasteiger partial charge in [0.15, 0.2) is 11.5 Å². The number of benzene rings is 1. The highest BCUT2D eigenvalue weighted by Gasteiger charge is 2.07. The smallest absolute Gasteiger partial charge is 0.161 e. The molecule has 5 nitrogen and oxygen atoms in total. The third-order valence-electron chi connectivity index (χ3n) is 2.81. The van der Waals surface area contributed by atoms with E-state index in [4.69, 9.17) is 9.47 Å². The normalized spacial score (nSPS) is 10.1. The number of ether oxygens (including phenoxy) is 2. The standard InChI is InChI=1S/C14H17N3O2/c1-17(14-9-15-6-7-16-14)10-11-4-5-12(18-2)13(8-11)19-3/h4-9H,10H2,1-3H3. The Morgan fingerprint density at radius 2 is 1.89 bits per heavy atom. The van der Waals surface area contributed by atoms with E-state index in [0.717, 1.165) is 29.4 Å². The predicted molar refractivity (Wildman–Crippen MR) is 73.7 cm³/mol. The van der Waals surface area contributed by atoms with Crippen molar-refractivity contribution < 1.29 is 9.47 Å². The van der Waals surface area contributed by atoms with E-state index in [0.29, 0.717) is 0 Å². The van der Waals surface area contributed by atoms with Crippen molar-refractivity contribution in [3.05, 3.63) is 42.4 Å². The van der Waals surface area contributed by atoms with Gasteiger partial charge in [-0.1, -0.05) is 6.07 Å². The first kappa shape index (κ1) is 13.1. The minimum atomic E-state index is 0.721. The Kier molecular flexibility index (Phi) is 4.18. The van der Waals surface area contributed by atoms with Crippen LogP contribution in [0.1, 0.15) is 5.56 Å². The average Bonchev–Trinajstić information content (AvgIpc) is 2.48. The second kappa shape index (κ2) is 6.04. The zero-order valence-electron chi connectivity index (χ0n) is 11.3. The molecule has 1 aromatic heterocycles. The number of nitrogens with zero attached hydrogens (tertiary/aromatic N) is 3. The van der Waals surface area contributed by atoms with E-state index in [-0.39, 0.29) is 0 Å². The van der Waals surface area contributed by atoms with E-state index < -0.39 is 0 Å². The van der Waals surface area contributed by atoms with Crippen LogP contribution in [0.5, 0.6) is 11.5 Å². The molecule has 1 aromatic carbocycles. The highest BCUT2D eigenvalue weighted by atomic mass is 16.5. The van der Waals surface area contributed by atoms with Crippen molar-refractivity contribution in [2.24, 2.45) is 0 Å². The second-order valence-electron chi connectivity index (χ2n) is 4.11. The van der Waals surface area contributed by atoms with Crippen molar-refractivity contribution in [3.8, 4) is 11.5 Å². The molecule has 0 atom stereocenters. The van der Waals surface area contributed by atoms with Crippen molar-refractivity contribution in [2.45, 2.75) is 6.54 Å². The Hall–Kier alpha value is -2.30. The van der Waals surface area contributed by atoms with Crippen LogP contribution in [0.25, 0.3) is 0 Å². The molecule has 2 rings (SSSR count). The fourth-order valence-electron chi connectivity index (χ4n) is 1.82. The van der Waals surface area contributed by atoms with Gasteiger partial charge in [-0.3, -0.25) is 4.98 Å². The lowest BCUT2D eigenvalue weighted by Crippen LogP contribution is -2.17. The lowest BCUT2D eigenvalue weighted by molar-refractivity contribution is 0.354. The summed E-state index contributed by atoms with van der Waals surface area (Å²) in [4.78, 5) is 10.3. The van der Waals surface area contributed by atoms with Gasteiger partial charge in [0, 0.05) is 26.0 Å². The minimum Gasteiger partial charge on any atom is -0.493 e. The molecule has 0 bridgehead atoms. The molecule has 0 aliphatic heterocycles. The molecule has 5 heteroatoms. The maximum Gasteiger partial charge on any atom is 0.161 e. The number of anilines is 1. The van der Waals surface area contributed by atoms with Crippen LogP contribution in [-0.4, -0.2) is 31.2 Å². The Balaban J connectivity index is 2.15. The third-order valence-corrected chi connectivity index (χ3v) is 2.81. The van der Waals surface area contributed by atoms with E-state index in [1.807, 2.05) is 30.1 Å². The summed E-state index contributed by atoms with van der Waals surface area (Å²) in [7, 11) is 5.23. The molecule has 0 radical (unpaired) electrons. The molecule has 100 valence electrons. The summed E-state index contributed by atoms with van der Waals surface area (Å²) in [5, 5.41) is 0. The van der Waals surface area contributed by atoms with Crippen LogP contribution in [0.3, 0.4) is 0 Å². The molecule has 1 heterocycles. The van der Waals surface area contributed by atoms with Crippen LogP contribution in [0.15, 0.2) is 36.8 Å². The van der Waals surface area contributed by atoms with Gasteiger partial charge in [0.1, 0.15) is 5.82 Å². The topological polar surface area (TPSA) is 47.5 Å². The van der Waals surface area contributed by atoms with Crippen molar-refractivity contribution >= 4 is 5.82 Å². The van der Waals surface area contributed by atoms with E-state index >= 15 is 0 Å². The van der Waals surface area contributed by atoms with E-state index in [2.05, 4.69) is 9.97 Å². The Morgan fingerprint density at radius 3 is 2.53 bits per heavy atom. The van der Waals surface area contributed by atoms with Crippen LogP contribution in [0.4, 0.5) is 5.82 Å². The molecule has 0 unspecified atom stereocenters. The van der Waals surface area contributed by atoms with Gasteiger partial charge >= 0.3 is 0 Å². The molecule has 0 fully saturated rings. The maximum absolute atomic E-state index is 5.29. The van der Waals surface area contributed by atoms with Gasteiger partial charge in [0.25, 0.3) is 0 Å². The monoisotopic (exact) mass is 259 g/mol. The van der Waals surface area contributed by atoms with E-state index in [1.165, 1.54) is 0 Å².